The highest BCUT2D eigenvalue weighted by atomic mass is 35.5. The van der Waals surface area contributed by atoms with Crippen LogP contribution in [0, 0.1) is 6.92 Å². The number of piperazine rings is 1. The van der Waals surface area contributed by atoms with Crippen LogP contribution in [0.25, 0.3) is 0 Å². The van der Waals surface area contributed by atoms with E-state index in [1.165, 1.54) is 36.9 Å². The first-order chi connectivity index (χ1) is 9.11. The Labute approximate surface area is 121 Å². The normalized spacial score (nSPS) is 26.1. The summed E-state index contributed by atoms with van der Waals surface area (Å²) in [5.74, 6) is 0. The molecule has 1 aliphatic carbocycles. The highest BCUT2D eigenvalue weighted by Crippen LogP contribution is 2.36. The number of nitrogens with zero attached hydrogens (tertiary/aromatic N) is 1. The molecule has 3 heteroatoms. The van der Waals surface area contributed by atoms with Crippen LogP contribution < -0.4 is 10.2 Å². The summed E-state index contributed by atoms with van der Waals surface area (Å²) in [4.78, 5) is 2.56. The third kappa shape index (κ3) is 2.36. The van der Waals surface area contributed by atoms with Gasteiger partial charge < -0.3 is 10.2 Å². The summed E-state index contributed by atoms with van der Waals surface area (Å²) in [5, 5.41) is 4.68. The maximum Gasteiger partial charge on any atom is 0.0455 e. The zero-order valence-corrected chi connectivity index (χ0v) is 12.6. The predicted molar refractivity (Wildman–Crippen MR) is 82.2 cm³/mol. The van der Waals surface area contributed by atoms with Gasteiger partial charge in [0.15, 0.2) is 0 Å². The van der Waals surface area contributed by atoms with Gasteiger partial charge in [-0.2, -0.15) is 0 Å². The van der Waals surface area contributed by atoms with Gasteiger partial charge in [0.25, 0.3) is 0 Å². The number of rotatable bonds is 1. The molecule has 1 unspecified atom stereocenters. The largest absolute Gasteiger partial charge is 0.365 e. The Morgan fingerprint density at radius 1 is 1.32 bits per heavy atom. The SMILES string of the molecule is Cc1c(Cl)cccc1N1CC2(CCCC2)NCC1C. The van der Waals surface area contributed by atoms with Crippen LogP contribution in [0.1, 0.15) is 38.2 Å². The van der Waals surface area contributed by atoms with Gasteiger partial charge in [-0.15, -0.1) is 0 Å². The van der Waals surface area contributed by atoms with E-state index in [-0.39, 0.29) is 0 Å². The fourth-order valence-electron chi connectivity index (χ4n) is 3.63. The number of hydrogen-bond donors (Lipinski definition) is 1. The lowest BCUT2D eigenvalue weighted by molar-refractivity contribution is 0.276. The third-order valence-corrected chi connectivity index (χ3v) is 5.30. The van der Waals surface area contributed by atoms with Crippen LogP contribution in [0.3, 0.4) is 0 Å². The topological polar surface area (TPSA) is 15.3 Å². The standard InChI is InChI=1S/C16H23ClN2/c1-12-10-18-16(8-3-4-9-16)11-19(12)15-7-5-6-14(17)13(15)2/h5-7,12,18H,3-4,8-11H2,1-2H3. The van der Waals surface area contributed by atoms with Crippen LogP contribution >= 0.6 is 11.6 Å². The summed E-state index contributed by atoms with van der Waals surface area (Å²) in [7, 11) is 0. The first-order valence-electron chi connectivity index (χ1n) is 7.38. The number of benzene rings is 1. The summed E-state index contributed by atoms with van der Waals surface area (Å²) in [6, 6.07) is 6.80. The van der Waals surface area contributed by atoms with Crippen LogP contribution in [0.2, 0.25) is 5.02 Å². The van der Waals surface area contributed by atoms with Crippen molar-refractivity contribution < 1.29 is 0 Å². The van der Waals surface area contributed by atoms with Crippen LogP contribution in [-0.4, -0.2) is 24.7 Å². The molecule has 1 spiro atoms. The molecule has 0 bridgehead atoms. The van der Waals surface area contributed by atoms with Gasteiger partial charge in [-0.25, -0.2) is 0 Å². The summed E-state index contributed by atoms with van der Waals surface area (Å²) < 4.78 is 0. The fraction of sp³-hybridized carbons (Fsp3) is 0.625. The molecule has 2 fully saturated rings. The molecule has 1 aromatic rings. The zero-order chi connectivity index (χ0) is 13.5. The second-order valence-electron chi connectivity index (χ2n) is 6.23. The molecule has 1 aromatic carbocycles. The molecular formula is C16H23ClN2. The van der Waals surface area contributed by atoms with Crippen LogP contribution in [0.4, 0.5) is 5.69 Å². The minimum Gasteiger partial charge on any atom is -0.365 e. The zero-order valence-electron chi connectivity index (χ0n) is 11.9. The van der Waals surface area contributed by atoms with Gasteiger partial charge in [0.05, 0.1) is 0 Å². The average molecular weight is 279 g/mol. The molecule has 1 atom stereocenters. The van der Waals surface area contributed by atoms with E-state index >= 15 is 0 Å². The Morgan fingerprint density at radius 2 is 2.05 bits per heavy atom. The molecule has 1 aliphatic heterocycles. The fourth-order valence-corrected chi connectivity index (χ4v) is 3.80. The third-order valence-electron chi connectivity index (χ3n) is 4.89. The van der Waals surface area contributed by atoms with Gasteiger partial charge in [0.1, 0.15) is 0 Å². The van der Waals surface area contributed by atoms with Crippen molar-refractivity contribution in [3.05, 3.63) is 28.8 Å². The van der Waals surface area contributed by atoms with Crippen LogP contribution in [0.5, 0.6) is 0 Å². The van der Waals surface area contributed by atoms with Gasteiger partial charge >= 0.3 is 0 Å². The Kier molecular flexibility index (Phi) is 3.48. The van der Waals surface area contributed by atoms with Gasteiger partial charge in [-0.1, -0.05) is 30.5 Å². The highest BCUT2D eigenvalue weighted by molar-refractivity contribution is 6.31. The van der Waals surface area contributed by atoms with Gasteiger partial charge in [-0.05, 0) is 44.4 Å². The lowest BCUT2D eigenvalue weighted by atomic mass is 9.92. The molecule has 19 heavy (non-hydrogen) atoms. The van der Waals surface area contributed by atoms with E-state index in [9.17, 15) is 0 Å². The Balaban J connectivity index is 1.91. The average Bonchev–Trinajstić information content (AvgIpc) is 2.85. The minimum atomic E-state index is 0.348. The van der Waals surface area contributed by atoms with Crippen molar-refractivity contribution in [2.24, 2.45) is 0 Å². The number of nitrogens with one attached hydrogen (secondary N) is 1. The first-order valence-corrected chi connectivity index (χ1v) is 7.76. The molecule has 0 radical (unpaired) electrons. The van der Waals surface area contributed by atoms with Crippen molar-refractivity contribution >= 4 is 17.3 Å². The molecule has 1 saturated heterocycles. The molecular weight excluding hydrogens is 256 g/mol. The lowest BCUT2D eigenvalue weighted by Gasteiger charge is -2.47. The Morgan fingerprint density at radius 3 is 2.79 bits per heavy atom. The monoisotopic (exact) mass is 278 g/mol. The van der Waals surface area contributed by atoms with Gasteiger partial charge in [-0.3, -0.25) is 0 Å². The van der Waals surface area contributed by atoms with Crippen LogP contribution in [0.15, 0.2) is 18.2 Å². The molecule has 3 rings (SSSR count). The number of hydrogen-bond acceptors (Lipinski definition) is 2. The van der Waals surface area contributed by atoms with Crippen molar-refractivity contribution in [3.63, 3.8) is 0 Å². The van der Waals surface area contributed by atoms with Crippen molar-refractivity contribution in [1.29, 1.82) is 0 Å². The maximum atomic E-state index is 6.29. The van der Waals surface area contributed by atoms with E-state index in [1.54, 1.807) is 0 Å². The first kappa shape index (κ1) is 13.3. The summed E-state index contributed by atoms with van der Waals surface area (Å²) >= 11 is 6.29. The molecule has 2 nitrogen and oxygen atoms in total. The van der Waals surface area contributed by atoms with Gasteiger partial charge in [0, 0.05) is 35.4 Å². The molecule has 2 aliphatic rings. The highest BCUT2D eigenvalue weighted by Gasteiger charge is 2.40. The van der Waals surface area contributed by atoms with Crippen molar-refractivity contribution in [1.82, 2.24) is 5.32 Å². The van der Waals surface area contributed by atoms with E-state index in [4.69, 9.17) is 11.6 Å². The summed E-state index contributed by atoms with van der Waals surface area (Å²) in [5.41, 5.74) is 2.88. The molecule has 1 N–H and O–H groups in total. The van der Waals surface area contributed by atoms with E-state index < -0.39 is 0 Å². The Hall–Kier alpha value is -0.730. The van der Waals surface area contributed by atoms with Crippen molar-refractivity contribution in [3.8, 4) is 0 Å². The smallest absolute Gasteiger partial charge is 0.0455 e. The lowest BCUT2D eigenvalue weighted by Crippen LogP contribution is -2.62. The predicted octanol–water partition coefficient (Wildman–Crippen LogP) is 3.76. The second-order valence-corrected chi connectivity index (χ2v) is 6.64. The molecule has 1 heterocycles. The molecule has 0 aromatic heterocycles. The summed E-state index contributed by atoms with van der Waals surface area (Å²) in [6.45, 7) is 6.63. The second kappa shape index (κ2) is 4.99. The molecule has 104 valence electrons. The van der Waals surface area contributed by atoms with Crippen LogP contribution in [-0.2, 0) is 0 Å². The van der Waals surface area contributed by atoms with E-state index in [0.717, 1.165) is 18.1 Å². The summed E-state index contributed by atoms with van der Waals surface area (Å²) in [6.07, 6.45) is 5.36. The number of anilines is 1. The van der Waals surface area contributed by atoms with E-state index in [2.05, 4.69) is 36.2 Å². The van der Waals surface area contributed by atoms with Crippen molar-refractivity contribution in [2.75, 3.05) is 18.0 Å². The Bertz CT molecular complexity index is 466. The quantitative estimate of drug-likeness (QED) is 0.841. The minimum absolute atomic E-state index is 0.348. The van der Waals surface area contributed by atoms with E-state index in [1.807, 2.05) is 6.07 Å². The molecule has 1 saturated carbocycles. The van der Waals surface area contributed by atoms with Gasteiger partial charge in [0.2, 0.25) is 0 Å². The van der Waals surface area contributed by atoms with E-state index in [0.29, 0.717) is 11.6 Å². The number of halogens is 1. The maximum absolute atomic E-state index is 6.29. The van der Waals surface area contributed by atoms with Crippen molar-refractivity contribution in [2.45, 2.75) is 51.1 Å². The molecule has 0 amide bonds.